The fourth-order valence-electron chi connectivity index (χ4n) is 1.58. The number of carbonyl (C=O) groups is 2. The smallest absolute Gasteiger partial charge is 0.220 e. The molecular weight excluding hydrogens is 228 g/mol. The molecule has 0 bridgehead atoms. The number of hydrogen-bond donors (Lipinski definition) is 1. The zero-order valence-corrected chi connectivity index (χ0v) is 9.61. The summed E-state index contributed by atoms with van der Waals surface area (Å²) in [5.74, 6) is 0. The number of nitrogens with one attached hydrogen (secondary N) is 1. The number of anilines is 3. The molecule has 18 heavy (non-hydrogen) atoms. The van der Waals surface area contributed by atoms with Gasteiger partial charge in [-0.1, -0.05) is 24.3 Å². The Labute approximate surface area is 105 Å². The summed E-state index contributed by atoms with van der Waals surface area (Å²) < 4.78 is 0. The van der Waals surface area contributed by atoms with Gasteiger partial charge in [-0.15, -0.1) is 0 Å². The van der Waals surface area contributed by atoms with Gasteiger partial charge in [0.15, 0.2) is 0 Å². The van der Waals surface area contributed by atoms with Crippen LogP contribution in [0.4, 0.5) is 17.1 Å². The van der Waals surface area contributed by atoms with Crippen molar-refractivity contribution in [1.82, 2.24) is 0 Å². The highest BCUT2D eigenvalue weighted by molar-refractivity contribution is 5.95. The van der Waals surface area contributed by atoms with Crippen LogP contribution in [0.5, 0.6) is 0 Å². The topological polar surface area (TPSA) is 49.4 Å². The number of benzene rings is 2. The van der Waals surface area contributed by atoms with Gasteiger partial charge in [0.25, 0.3) is 0 Å². The molecule has 90 valence electrons. The van der Waals surface area contributed by atoms with E-state index in [1.54, 1.807) is 18.2 Å². The minimum atomic E-state index is 0.481. The second kappa shape index (κ2) is 5.63. The predicted molar refractivity (Wildman–Crippen MR) is 70.8 cm³/mol. The standard InChI is InChI=1S/C14H12N2O2/c17-10-16(11-18)14-8-4-7-13(9-14)15-12-5-2-1-3-6-12/h1-11,15H. The Morgan fingerprint density at radius 2 is 1.50 bits per heavy atom. The monoisotopic (exact) mass is 240 g/mol. The molecule has 4 nitrogen and oxygen atoms in total. The molecule has 2 aromatic carbocycles. The molecule has 2 amide bonds. The van der Waals surface area contributed by atoms with Gasteiger partial charge in [0.2, 0.25) is 12.8 Å². The van der Waals surface area contributed by atoms with E-state index in [-0.39, 0.29) is 0 Å². The molecular formula is C14H12N2O2. The summed E-state index contributed by atoms with van der Waals surface area (Å²) in [6, 6.07) is 16.7. The maximum absolute atomic E-state index is 10.7. The van der Waals surface area contributed by atoms with Crippen LogP contribution in [-0.4, -0.2) is 12.8 Å². The molecule has 0 aromatic heterocycles. The highest BCUT2D eigenvalue weighted by Crippen LogP contribution is 2.21. The summed E-state index contributed by atoms with van der Waals surface area (Å²) in [5, 5.41) is 3.19. The molecule has 0 unspecified atom stereocenters. The molecule has 1 N–H and O–H groups in total. The number of rotatable bonds is 5. The summed E-state index contributed by atoms with van der Waals surface area (Å²) in [6.07, 6.45) is 0.962. The van der Waals surface area contributed by atoms with Crippen molar-refractivity contribution in [3.05, 3.63) is 54.6 Å². The van der Waals surface area contributed by atoms with Crippen LogP contribution >= 0.6 is 0 Å². The first-order chi connectivity index (χ1) is 8.83. The Balaban J connectivity index is 2.22. The average Bonchev–Trinajstić information content (AvgIpc) is 2.42. The molecule has 2 rings (SSSR count). The fourth-order valence-corrected chi connectivity index (χ4v) is 1.58. The second-order valence-electron chi connectivity index (χ2n) is 3.66. The number of imide groups is 1. The minimum absolute atomic E-state index is 0.481. The lowest BCUT2D eigenvalue weighted by atomic mass is 10.2. The van der Waals surface area contributed by atoms with E-state index in [2.05, 4.69) is 5.32 Å². The number of carbonyl (C=O) groups excluding carboxylic acids is 2. The predicted octanol–water partition coefficient (Wildman–Crippen LogP) is 2.55. The number of hydrogen-bond acceptors (Lipinski definition) is 3. The van der Waals surface area contributed by atoms with Gasteiger partial charge in [0.05, 0.1) is 5.69 Å². The lowest BCUT2D eigenvalue weighted by Gasteiger charge is -2.11. The summed E-state index contributed by atoms with van der Waals surface area (Å²) >= 11 is 0. The molecule has 0 saturated carbocycles. The lowest BCUT2D eigenvalue weighted by molar-refractivity contribution is -0.113. The first-order valence-electron chi connectivity index (χ1n) is 5.44. The second-order valence-corrected chi connectivity index (χ2v) is 3.66. The molecule has 0 heterocycles. The zero-order chi connectivity index (χ0) is 12.8. The van der Waals surface area contributed by atoms with Gasteiger partial charge in [-0.2, -0.15) is 0 Å². The molecule has 0 saturated heterocycles. The van der Waals surface area contributed by atoms with Gasteiger partial charge in [-0.3, -0.25) is 14.5 Å². The molecule has 2 aromatic rings. The number of para-hydroxylation sites is 1. The van der Waals surface area contributed by atoms with Crippen molar-refractivity contribution in [2.75, 3.05) is 10.2 Å². The van der Waals surface area contributed by atoms with E-state index in [9.17, 15) is 9.59 Å². The van der Waals surface area contributed by atoms with Crippen LogP contribution in [0, 0.1) is 0 Å². The Bertz CT molecular complexity index is 533. The van der Waals surface area contributed by atoms with Gasteiger partial charge in [0, 0.05) is 11.4 Å². The van der Waals surface area contributed by atoms with Crippen molar-refractivity contribution in [2.45, 2.75) is 0 Å². The molecule has 0 atom stereocenters. The van der Waals surface area contributed by atoms with Crippen molar-refractivity contribution >= 4 is 29.9 Å². The normalized spacial score (nSPS) is 9.56. The van der Waals surface area contributed by atoms with E-state index < -0.39 is 0 Å². The Morgan fingerprint density at radius 1 is 0.833 bits per heavy atom. The highest BCUT2D eigenvalue weighted by Gasteiger charge is 2.03. The largest absolute Gasteiger partial charge is 0.355 e. The average molecular weight is 240 g/mol. The van der Waals surface area contributed by atoms with Crippen LogP contribution in [-0.2, 0) is 9.59 Å². The van der Waals surface area contributed by atoms with Crippen LogP contribution < -0.4 is 10.2 Å². The van der Waals surface area contributed by atoms with Gasteiger partial charge in [-0.25, -0.2) is 0 Å². The SMILES string of the molecule is O=CN(C=O)c1cccc(Nc2ccccc2)c1. The Morgan fingerprint density at radius 3 is 2.17 bits per heavy atom. The van der Waals surface area contributed by atoms with Gasteiger partial charge < -0.3 is 5.32 Å². The van der Waals surface area contributed by atoms with E-state index in [0.29, 0.717) is 18.5 Å². The molecule has 0 spiro atoms. The van der Waals surface area contributed by atoms with Crippen LogP contribution in [0.3, 0.4) is 0 Å². The van der Waals surface area contributed by atoms with Gasteiger partial charge in [-0.05, 0) is 30.3 Å². The minimum Gasteiger partial charge on any atom is -0.355 e. The fraction of sp³-hybridized carbons (Fsp3) is 0. The van der Waals surface area contributed by atoms with Crippen molar-refractivity contribution in [1.29, 1.82) is 0 Å². The van der Waals surface area contributed by atoms with Crippen LogP contribution in [0.1, 0.15) is 0 Å². The number of nitrogens with zero attached hydrogens (tertiary/aromatic N) is 1. The molecule has 0 fully saturated rings. The van der Waals surface area contributed by atoms with E-state index in [1.165, 1.54) is 0 Å². The molecule has 4 heteroatoms. The van der Waals surface area contributed by atoms with E-state index in [1.807, 2.05) is 36.4 Å². The van der Waals surface area contributed by atoms with Crippen molar-refractivity contribution in [3.63, 3.8) is 0 Å². The van der Waals surface area contributed by atoms with Gasteiger partial charge >= 0.3 is 0 Å². The van der Waals surface area contributed by atoms with Crippen LogP contribution in [0.25, 0.3) is 0 Å². The number of amides is 2. The van der Waals surface area contributed by atoms with Crippen molar-refractivity contribution in [2.24, 2.45) is 0 Å². The zero-order valence-electron chi connectivity index (χ0n) is 9.61. The van der Waals surface area contributed by atoms with E-state index >= 15 is 0 Å². The molecule has 0 aliphatic heterocycles. The first-order valence-corrected chi connectivity index (χ1v) is 5.44. The molecule has 0 aliphatic rings. The van der Waals surface area contributed by atoms with E-state index in [4.69, 9.17) is 0 Å². The van der Waals surface area contributed by atoms with Crippen LogP contribution in [0.2, 0.25) is 0 Å². The summed E-state index contributed by atoms with van der Waals surface area (Å²) in [7, 11) is 0. The van der Waals surface area contributed by atoms with Crippen molar-refractivity contribution < 1.29 is 9.59 Å². The third-order valence-electron chi connectivity index (χ3n) is 2.43. The third kappa shape index (κ3) is 2.74. The highest BCUT2D eigenvalue weighted by atomic mass is 16.2. The van der Waals surface area contributed by atoms with Gasteiger partial charge in [0.1, 0.15) is 0 Å². The maximum Gasteiger partial charge on any atom is 0.220 e. The summed E-state index contributed by atoms with van der Waals surface area (Å²) in [5.41, 5.74) is 2.28. The summed E-state index contributed by atoms with van der Waals surface area (Å²) in [4.78, 5) is 22.3. The Hall–Kier alpha value is -2.62. The molecule has 0 aliphatic carbocycles. The molecule has 0 radical (unpaired) electrons. The summed E-state index contributed by atoms with van der Waals surface area (Å²) in [6.45, 7) is 0. The quantitative estimate of drug-likeness (QED) is 0.817. The lowest BCUT2D eigenvalue weighted by Crippen LogP contribution is -2.18. The Kier molecular flexibility index (Phi) is 3.71. The first kappa shape index (κ1) is 11.9. The van der Waals surface area contributed by atoms with E-state index in [0.717, 1.165) is 16.3 Å². The third-order valence-corrected chi connectivity index (χ3v) is 2.43. The maximum atomic E-state index is 10.7. The van der Waals surface area contributed by atoms with Crippen LogP contribution in [0.15, 0.2) is 54.6 Å². The van der Waals surface area contributed by atoms with Crippen molar-refractivity contribution in [3.8, 4) is 0 Å².